The van der Waals surface area contributed by atoms with Crippen LogP contribution in [0.1, 0.15) is 22.3 Å². The Balaban J connectivity index is 1.78. The lowest BCUT2D eigenvalue weighted by molar-refractivity contribution is 0.437. The van der Waals surface area contributed by atoms with Gasteiger partial charge in [0.25, 0.3) is 0 Å². The quantitative estimate of drug-likeness (QED) is 0.222. The van der Waals surface area contributed by atoms with Crippen molar-refractivity contribution >= 4 is 26.7 Å². The van der Waals surface area contributed by atoms with Gasteiger partial charge in [0, 0.05) is 15.6 Å². The average Bonchev–Trinajstić information content (AvgIpc) is 3.10. The van der Waals surface area contributed by atoms with E-state index in [1.165, 1.54) is 44.2 Å². The molecule has 1 aliphatic heterocycles. The molecule has 0 N–H and O–H groups in total. The maximum Gasteiger partial charge on any atom is 0.132 e. The Morgan fingerprint density at radius 1 is 0.581 bits per heavy atom. The van der Waals surface area contributed by atoms with Gasteiger partial charge >= 0.3 is 0 Å². The molecule has 0 radical (unpaired) electrons. The highest BCUT2D eigenvalue weighted by Crippen LogP contribution is 2.63. The number of hydrogen-bond donors (Lipinski definition) is 0. The number of ether oxygens (including phenoxy) is 1. The monoisotopic (exact) mass is 460 g/mol. The minimum absolute atomic E-state index is 0.430. The Labute approximate surface area is 189 Å². The van der Waals surface area contributed by atoms with Crippen LogP contribution in [0.4, 0.5) is 0 Å². The smallest absolute Gasteiger partial charge is 0.132 e. The minimum Gasteiger partial charge on any atom is -0.457 e. The van der Waals surface area contributed by atoms with Crippen LogP contribution in [-0.4, -0.2) is 0 Å². The predicted octanol–water partition coefficient (Wildman–Crippen LogP) is 8.07. The van der Waals surface area contributed by atoms with Crippen molar-refractivity contribution in [3.63, 3.8) is 0 Å². The molecule has 2 heteroatoms. The van der Waals surface area contributed by atoms with Gasteiger partial charge in [-0.25, -0.2) is 0 Å². The van der Waals surface area contributed by atoms with Crippen molar-refractivity contribution in [3.05, 3.63) is 130 Å². The first-order valence-corrected chi connectivity index (χ1v) is 11.3. The molecule has 146 valence electrons. The Bertz CT molecular complexity index is 1490. The number of benzene rings is 5. The normalized spacial score (nSPS) is 14.5. The second kappa shape index (κ2) is 6.09. The largest absolute Gasteiger partial charge is 0.457 e. The molecule has 1 spiro atoms. The Morgan fingerprint density at radius 3 is 2.00 bits per heavy atom. The Hall–Kier alpha value is -3.36. The zero-order valence-electron chi connectivity index (χ0n) is 16.6. The third-order valence-electron chi connectivity index (χ3n) is 6.78. The van der Waals surface area contributed by atoms with Crippen LogP contribution in [0.15, 0.2) is 108 Å². The summed E-state index contributed by atoms with van der Waals surface area (Å²) in [4.78, 5) is 0. The SMILES string of the molecule is Brc1ccc2c(c1)C1(c3ccccc3Oc3ccccc31)c1c-2ccc2ccccc12. The number of para-hydroxylation sites is 2. The molecule has 5 aromatic rings. The summed E-state index contributed by atoms with van der Waals surface area (Å²) in [6.07, 6.45) is 0. The van der Waals surface area contributed by atoms with E-state index < -0.39 is 5.41 Å². The highest BCUT2D eigenvalue weighted by Gasteiger charge is 2.51. The molecule has 0 unspecified atom stereocenters. The van der Waals surface area contributed by atoms with Crippen LogP contribution in [0.2, 0.25) is 0 Å². The van der Waals surface area contributed by atoms with Crippen LogP contribution in [0, 0.1) is 0 Å². The number of fused-ring (bicyclic) bond motifs is 11. The van der Waals surface area contributed by atoms with Gasteiger partial charge in [-0.05, 0) is 57.3 Å². The highest BCUT2D eigenvalue weighted by molar-refractivity contribution is 9.10. The highest BCUT2D eigenvalue weighted by atomic mass is 79.9. The van der Waals surface area contributed by atoms with Gasteiger partial charge in [0.15, 0.2) is 0 Å². The average molecular weight is 461 g/mol. The van der Waals surface area contributed by atoms with E-state index in [0.717, 1.165) is 16.0 Å². The van der Waals surface area contributed by atoms with Gasteiger partial charge in [0.2, 0.25) is 0 Å². The van der Waals surface area contributed by atoms with Crippen molar-refractivity contribution in [3.8, 4) is 22.6 Å². The Kier molecular flexibility index (Phi) is 3.40. The second-order valence-corrected chi connectivity index (χ2v) is 9.16. The molecule has 2 aliphatic rings. The second-order valence-electron chi connectivity index (χ2n) is 8.24. The molecular weight excluding hydrogens is 444 g/mol. The van der Waals surface area contributed by atoms with E-state index in [9.17, 15) is 0 Å². The fraction of sp³-hybridized carbons (Fsp3) is 0.0345. The molecule has 0 saturated heterocycles. The molecule has 5 aromatic carbocycles. The van der Waals surface area contributed by atoms with E-state index >= 15 is 0 Å². The van der Waals surface area contributed by atoms with Gasteiger partial charge in [-0.1, -0.05) is 94.8 Å². The lowest BCUT2D eigenvalue weighted by Crippen LogP contribution is -2.32. The predicted molar refractivity (Wildman–Crippen MR) is 129 cm³/mol. The third-order valence-corrected chi connectivity index (χ3v) is 7.28. The fourth-order valence-corrected chi connectivity index (χ4v) is 6.01. The van der Waals surface area contributed by atoms with Crippen molar-refractivity contribution in [2.45, 2.75) is 5.41 Å². The first-order valence-electron chi connectivity index (χ1n) is 10.5. The summed E-state index contributed by atoms with van der Waals surface area (Å²) in [5.74, 6) is 1.85. The molecule has 1 heterocycles. The molecule has 0 amide bonds. The number of halogens is 1. The zero-order valence-corrected chi connectivity index (χ0v) is 18.2. The first kappa shape index (κ1) is 17.3. The maximum absolute atomic E-state index is 6.42. The minimum atomic E-state index is -0.430. The van der Waals surface area contributed by atoms with Gasteiger partial charge < -0.3 is 4.74 Å². The van der Waals surface area contributed by atoms with Crippen molar-refractivity contribution in [1.82, 2.24) is 0 Å². The van der Waals surface area contributed by atoms with Gasteiger partial charge in [0.1, 0.15) is 11.5 Å². The van der Waals surface area contributed by atoms with Crippen LogP contribution < -0.4 is 4.74 Å². The summed E-state index contributed by atoms with van der Waals surface area (Å²) >= 11 is 3.76. The molecule has 0 aromatic heterocycles. The summed E-state index contributed by atoms with van der Waals surface area (Å²) in [6.45, 7) is 0. The van der Waals surface area contributed by atoms with Crippen molar-refractivity contribution < 1.29 is 4.74 Å². The van der Waals surface area contributed by atoms with Crippen molar-refractivity contribution in [1.29, 1.82) is 0 Å². The molecule has 0 saturated carbocycles. The van der Waals surface area contributed by atoms with E-state index in [4.69, 9.17) is 4.74 Å². The molecule has 1 aliphatic carbocycles. The zero-order chi connectivity index (χ0) is 20.6. The van der Waals surface area contributed by atoms with E-state index in [0.29, 0.717) is 0 Å². The van der Waals surface area contributed by atoms with Crippen molar-refractivity contribution in [2.75, 3.05) is 0 Å². The summed E-state index contributed by atoms with van der Waals surface area (Å²) in [6, 6.07) is 37.0. The van der Waals surface area contributed by atoms with E-state index in [1.807, 2.05) is 0 Å². The van der Waals surface area contributed by atoms with E-state index in [2.05, 4.69) is 119 Å². The topological polar surface area (TPSA) is 9.23 Å². The molecule has 0 atom stereocenters. The summed E-state index contributed by atoms with van der Waals surface area (Å²) in [7, 11) is 0. The van der Waals surface area contributed by atoms with E-state index in [1.54, 1.807) is 0 Å². The van der Waals surface area contributed by atoms with Crippen molar-refractivity contribution in [2.24, 2.45) is 0 Å². The molecule has 31 heavy (non-hydrogen) atoms. The van der Waals surface area contributed by atoms with Crippen LogP contribution in [-0.2, 0) is 5.41 Å². The van der Waals surface area contributed by atoms with Gasteiger partial charge in [-0.3, -0.25) is 0 Å². The molecule has 1 nitrogen and oxygen atoms in total. The van der Waals surface area contributed by atoms with Gasteiger partial charge in [-0.15, -0.1) is 0 Å². The lowest BCUT2D eigenvalue weighted by Gasteiger charge is -2.39. The molecule has 0 fully saturated rings. The third kappa shape index (κ3) is 2.11. The summed E-state index contributed by atoms with van der Waals surface area (Å²) in [5.41, 5.74) is 7.20. The standard InChI is InChI=1S/C29H17BrO/c30-19-14-16-21-22-15-13-18-7-1-2-8-20(18)28(22)29(25(21)17-19)23-9-3-5-11-26(23)31-27-12-6-4-10-24(27)29/h1-17H. The maximum atomic E-state index is 6.42. The summed E-state index contributed by atoms with van der Waals surface area (Å²) < 4.78 is 7.51. The van der Waals surface area contributed by atoms with Crippen LogP contribution in [0.25, 0.3) is 21.9 Å². The van der Waals surface area contributed by atoms with E-state index in [-0.39, 0.29) is 0 Å². The van der Waals surface area contributed by atoms with Gasteiger partial charge in [-0.2, -0.15) is 0 Å². The summed E-state index contributed by atoms with van der Waals surface area (Å²) in [5, 5.41) is 2.55. The number of hydrogen-bond acceptors (Lipinski definition) is 1. The van der Waals surface area contributed by atoms with Gasteiger partial charge in [0.05, 0.1) is 5.41 Å². The van der Waals surface area contributed by atoms with Crippen LogP contribution in [0.5, 0.6) is 11.5 Å². The van der Waals surface area contributed by atoms with Crippen LogP contribution >= 0.6 is 15.9 Å². The lowest BCUT2D eigenvalue weighted by atomic mass is 9.65. The fourth-order valence-electron chi connectivity index (χ4n) is 5.65. The Morgan fingerprint density at radius 2 is 1.23 bits per heavy atom. The molecule has 7 rings (SSSR count). The number of rotatable bonds is 0. The molecular formula is C29H17BrO. The van der Waals surface area contributed by atoms with Crippen LogP contribution in [0.3, 0.4) is 0 Å². The first-order chi connectivity index (χ1) is 15.3. The molecule has 0 bridgehead atoms.